The van der Waals surface area contributed by atoms with Gasteiger partial charge in [-0.2, -0.15) is 10.1 Å². The quantitative estimate of drug-likeness (QED) is 0.469. The van der Waals surface area contributed by atoms with E-state index in [0.717, 1.165) is 22.3 Å². The number of aromatic nitrogens is 5. The molecule has 0 fully saturated rings. The van der Waals surface area contributed by atoms with Gasteiger partial charge in [-0.1, -0.05) is 18.2 Å². The molecule has 7 nitrogen and oxygen atoms in total. The van der Waals surface area contributed by atoms with Gasteiger partial charge in [0.05, 0.1) is 11.9 Å². The van der Waals surface area contributed by atoms with E-state index in [-0.39, 0.29) is 5.56 Å². The summed E-state index contributed by atoms with van der Waals surface area (Å²) >= 11 is 0. The van der Waals surface area contributed by atoms with Crippen molar-refractivity contribution >= 4 is 33.6 Å². The molecule has 7 heteroatoms. The fraction of sp³-hybridized carbons (Fsp3) is 0. The van der Waals surface area contributed by atoms with E-state index < -0.39 is 0 Å². The van der Waals surface area contributed by atoms with Gasteiger partial charge in [-0.05, 0) is 36.4 Å². The Bertz CT molecular complexity index is 1280. The zero-order valence-electron chi connectivity index (χ0n) is 13.6. The van der Waals surface area contributed by atoms with Gasteiger partial charge in [0.2, 0.25) is 5.95 Å². The second-order valence-electron chi connectivity index (χ2n) is 5.95. The van der Waals surface area contributed by atoms with E-state index in [1.165, 1.54) is 6.20 Å². The number of fused-ring (bicyclic) bond motifs is 2. The van der Waals surface area contributed by atoms with Crippen LogP contribution in [0.3, 0.4) is 0 Å². The minimum absolute atomic E-state index is 0.234. The van der Waals surface area contributed by atoms with Crippen LogP contribution < -0.4 is 10.9 Å². The summed E-state index contributed by atoms with van der Waals surface area (Å²) in [4.78, 5) is 22.9. The molecule has 5 aromatic rings. The van der Waals surface area contributed by atoms with Crippen LogP contribution in [0.4, 0.5) is 11.6 Å². The molecule has 0 unspecified atom stereocenters. The fourth-order valence-corrected chi connectivity index (χ4v) is 3.00. The molecule has 0 amide bonds. The monoisotopic (exact) mass is 342 g/mol. The largest absolute Gasteiger partial charge is 0.361 e. The third kappa shape index (κ3) is 2.34. The Balaban J connectivity index is 1.61. The van der Waals surface area contributed by atoms with Crippen molar-refractivity contribution in [3.8, 4) is 5.69 Å². The summed E-state index contributed by atoms with van der Waals surface area (Å²) in [5, 5.41) is 9.00. The first kappa shape index (κ1) is 14.5. The molecule has 0 atom stereocenters. The predicted octanol–water partition coefficient (Wildman–Crippen LogP) is 3.33. The molecular formula is C19H14N6O. The SMILES string of the molecule is O=c1[nH]c(Nc2ccc3[nH]ccc3c2)nc2c1cnn2-c1ccccc1. The minimum atomic E-state index is -0.234. The van der Waals surface area contributed by atoms with E-state index in [0.29, 0.717) is 17.0 Å². The number of rotatable bonds is 3. The lowest BCUT2D eigenvalue weighted by molar-refractivity contribution is 0.895. The molecule has 0 aliphatic rings. The lowest BCUT2D eigenvalue weighted by Gasteiger charge is -2.07. The molecule has 126 valence electrons. The molecule has 2 aromatic carbocycles. The average Bonchev–Trinajstić information content (AvgIpc) is 3.29. The van der Waals surface area contributed by atoms with Crippen LogP contribution in [0.1, 0.15) is 0 Å². The zero-order valence-corrected chi connectivity index (χ0v) is 13.6. The van der Waals surface area contributed by atoms with E-state index in [9.17, 15) is 4.79 Å². The standard InChI is InChI=1S/C19H14N6O/c26-18-15-11-21-25(14-4-2-1-3-5-14)17(15)23-19(24-18)22-13-6-7-16-12(10-13)8-9-20-16/h1-11,20H,(H2,22,23,24,26). The molecule has 0 saturated heterocycles. The Labute approximate surface area is 147 Å². The first-order valence-electron chi connectivity index (χ1n) is 8.15. The van der Waals surface area contributed by atoms with E-state index in [1.54, 1.807) is 4.68 Å². The highest BCUT2D eigenvalue weighted by Crippen LogP contribution is 2.21. The third-order valence-electron chi connectivity index (χ3n) is 4.25. The predicted molar refractivity (Wildman–Crippen MR) is 101 cm³/mol. The topological polar surface area (TPSA) is 91.4 Å². The maximum atomic E-state index is 12.4. The third-order valence-corrected chi connectivity index (χ3v) is 4.25. The highest BCUT2D eigenvalue weighted by Gasteiger charge is 2.11. The molecule has 3 N–H and O–H groups in total. The zero-order chi connectivity index (χ0) is 17.5. The first-order chi connectivity index (χ1) is 12.8. The van der Waals surface area contributed by atoms with E-state index in [4.69, 9.17) is 0 Å². The summed E-state index contributed by atoms with van der Waals surface area (Å²) in [6, 6.07) is 17.5. The lowest BCUT2D eigenvalue weighted by Crippen LogP contribution is -2.11. The number of H-pyrrole nitrogens is 2. The second-order valence-corrected chi connectivity index (χ2v) is 5.95. The number of hydrogen-bond acceptors (Lipinski definition) is 4. The van der Waals surface area contributed by atoms with E-state index >= 15 is 0 Å². The maximum absolute atomic E-state index is 12.4. The van der Waals surface area contributed by atoms with Crippen LogP contribution in [0.5, 0.6) is 0 Å². The maximum Gasteiger partial charge on any atom is 0.263 e. The van der Waals surface area contributed by atoms with Crippen LogP contribution in [0, 0.1) is 0 Å². The highest BCUT2D eigenvalue weighted by molar-refractivity contribution is 5.84. The summed E-state index contributed by atoms with van der Waals surface area (Å²) in [6.45, 7) is 0. The van der Waals surface area contributed by atoms with Crippen LogP contribution in [0.2, 0.25) is 0 Å². The Morgan fingerprint density at radius 1 is 1.04 bits per heavy atom. The number of para-hydroxylation sites is 1. The number of nitrogens with one attached hydrogen (secondary N) is 3. The molecule has 0 spiro atoms. The van der Waals surface area contributed by atoms with Gasteiger partial charge in [0.25, 0.3) is 5.56 Å². The first-order valence-corrected chi connectivity index (χ1v) is 8.15. The molecule has 0 radical (unpaired) electrons. The van der Waals surface area contributed by atoms with Gasteiger partial charge in [0.1, 0.15) is 5.39 Å². The summed E-state index contributed by atoms with van der Waals surface area (Å²) < 4.78 is 1.66. The second kappa shape index (κ2) is 5.59. The van der Waals surface area contributed by atoms with Crippen LogP contribution in [-0.2, 0) is 0 Å². The Morgan fingerprint density at radius 3 is 2.81 bits per heavy atom. The Morgan fingerprint density at radius 2 is 1.92 bits per heavy atom. The number of hydrogen-bond donors (Lipinski definition) is 3. The Hall–Kier alpha value is -3.87. The van der Waals surface area contributed by atoms with Crippen molar-refractivity contribution in [1.29, 1.82) is 0 Å². The van der Waals surface area contributed by atoms with Crippen molar-refractivity contribution in [2.75, 3.05) is 5.32 Å². The van der Waals surface area contributed by atoms with Crippen LogP contribution in [-0.4, -0.2) is 24.7 Å². The van der Waals surface area contributed by atoms with Crippen molar-refractivity contribution in [3.63, 3.8) is 0 Å². The van der Waals surface area contributed by atoms with Crippen molar-refractivity contribution in [3.05, 3.63) is 77.3 Å². The van der Waals surface area contributed by atoms with Crippen LogP contribution in [0.15, 0.2) is 71.8 Å². The van der Waals surface area contributed by atoms with Crippen LogP contribution >= 0.6 is 0 Å². The molecule has 0 saturated carbocycles. The van der Waals surface area contributed by atoms with Gasteiger partial charge in [0, 0.05) is 22.8 Å². The smallest absolute Gasteiger partial charge is 0.263 e. The van der Waals surface area contributed by atoms with Crippen molar-refractivity contribution < 1.29 is 0 Å². The highest BCUT2D eigenvalue weighted by atomic mass is 16.1. The molecule has 0 bridgehead atoms. The number of benzene rings is 2. The minimum Gasteiger partial charge on any atom is -0.361 e. The lowest BCUT2D eigenvalue weighted by atomic mass is 10.2. The van der Waals surface area contributed by atoms with Gasteiger partial charge >= 0.3 is 0 Å². The molecule has 26 heavy (non-hydrogen) atoms. The molecule has 3 heterocycles. The van der Waals surface area contributed by atoms with Crippen LogP contribution in [0.25, 0.3) is 27.6 Å². The molecule has 0 aliphatic carbocycles. The summed E-state index contributed by atoms with van der Waals surface area (Å²) in [7, 11) is 0. The average molecular weight is 342 g/mol. The van der Waals surface area contributed by atoms with E-state index in [2.05, 4.69) is 25.4 Å². The van der Waals surface area contributed by atoms with Crippen molar-refractivity contribution in [2.24, 2.45) is 0 Å². The fourth-order valence-electron chi connectivity index (χ4n) is 3.00. The van der Waals surface area contributed by atoms with Gasteiger partial charge in [-0.15, -0.1) is 0 Å². The molecular weight excluding hydrogens is 328 g/mol. The van der Waals surface area contributed by atoms with Gasteiger partial charge in [-0.25, -0.2) is 4.68 Å². The summed E-state index contributed by atoms with van der Waals surface area (Å²) in [6.07, 6.45) is 3.42. The van der Waals surface area contributed by atoms with Crippen molar-refractivity contribution in [1.82, 2.24) is 24.7 Å². The molecule has 3 aromatic heterocycles. The van der Waals surface area contributed by atoms with Gasteiger partial charge < -0.3 is 10.3 Å². The Kier molecular flexibility index (Phi) is 3.11. The van der Waals surface area contributed by atoms with E-state index in [1.807, 2.05) is 60.8 Å². The number of aromatic amines is 2. The number of nitrogens with zero attached hydrogens (tertiary/aromatic N) is 3. The van der Waals surface area contributed by atoms with Gasteiger partial charge in [-0.3, -0.25) is 9.78 Å². The normalized spacial score (nSPS) is 11.2. The van der Waals surface area contributed by atoms with Gasteiger partial charge in [0.15, 0.2) is 5.65 Å². The van der Waals surface area contributed by atoms with Crippen molar-refractivity contribution in [2.45, 2.75) is 0 Å². The summed E-state index contributed by atoms with van der Waals surface area (Å²) in [5.41, 5.74) is 3.01. The summed E-state index contributed by atoms with van der Waals surface area (Å²) in [5.74, 6) is 0.370. The molecule has 0 aliphatic heterocycles. The number of anilines is 2. The molecule has 5 rings (SSSR count).